The van der Waals surface area contributed by atoms with Gasteiger partial charge in [-0.2, -0.15) is 10.4 Å². The highest BCUT2D eigenvalue weighted by Crippen LogP contribution is 2.38. The molecule has 1 atom stereocenters. The van der Waals surface area contributed by atoms with Crippen LogP contribution in [0.5, 0.6) is 0 Å². The maximum absolute atomic E-state index is 9.53. The van der Waals surface area contributed by atoms with E-state index < -0.39 is 5.41 Å². The predicted octanol–water partition coefficient (Wildman–Crippen LogP) is 7.43. The molecule has 0 fully saturated rings. The molecule has 0 bridgehead atoms. The molecule has 37 heavy (non-hydrogen) atoms. The molecule has 0 spiro atoms. The maximum atomic E-state index is 9.53. The average molecular weight is 483 g/mol. The van der Waals surface area contributed by atoms with Crippen LogP contribution in [-0.2, 0) is 0 Å². The van der Waals surface area contributed by atoms with Gasteiger partial charge in [0.25, 0.3) is 0 Å². The number of nitrogens with one attached hydrogen (secondary N) is 2. The van der Waals surface area contributed by atoms with Crippen molar-refractivity contribution in [2.45, 2.75) is 20.3 Å². The van der Waals surface area contributed by atoms with Crippen LogP contribution in [-0.4, -0.2) is 20.2 Å². The fraction of sp³-hybridized carbons (Fsp3) is 0.161. The summed E-state index contributed by atoms with van der Waals surface area (Å²) in [5, 5.41) is 22.9. The Morgan fingerprint density at radius 2 is 1.86 bits per heavy atom. The van der Waals surface area contributed by atoms with Crippen molar-refractivity contribution in [1.82, 2.24) is 20.2 Å². The number of pyridine rings is 2. The monoisotopic (exact) mass is 482 g/mol. The van der Waals surface area contributed by atoms with Gasteiger partial charge in [-0.1, -0.05) is 36.4 Å². The van der Waals surface area contributed by atoms with Crippen molar-refractivity contribution < 1.29 is 0 Å². The lowest BCUT2D eigenvalue weighted by Gasteiger charge is -2.26. The van der Waals surface area contributed by atoms with Crippen molar-refractivity contribution in [2.75, 3.05) is 5.32 Å². The first kappa shape index (κ1) is 22.7. The summed E-state index contributed by atoms with van der Waals surface area (Å²) in [7, 11) is 0. The molecule has 1 aliphatic carbocycles. The highest BCUT2D eigenvalue weighted by atomic mass is 15.1. The van der Waals surface area contributed by atoms with E-state index in [4.69, 9.17) is 0 Å². The number of hydrogen-bond donors (Lipinski definition) is 2. The van der Waals surface area contributed by atoms with Crippen LogP contribution in [0, 0.1) is 22.7 Å². The molecule has 2 N–H and O–H groups in total. The van der Waals surface area contributed by atoms with Gasteiger partial charge in [0.2, 0.25) is 0 Å². The molecule has 180 valence electrons. The van der Waals surface area contributed by atoms with E-state index in [0.717, 1.165) is 62.0 Å². The third-order valence-corrected chi connectivity index (χ3v) is 7.15. The minimum absolute atomic E-state index is 0.185. The lowest BCUT2D eigenvalue weighted by Crippen LogP contribution is -2.21. The Hall–Kier alpha value is -4.76. The highest BCUT2D eigenvalue weighted by Gasteiger charge is 2.28. The molecule has 1 aliphatic rings. The van der Waals surface area contributed by atoms with Crippen LogP contribution in [0.4, 0.5) is 11.4 Å². The van der Waals surface area contributed by atoms with E-state index in [2.05, 4.69) is 92.2 Å². The minimum Gasteiger partial charge on any atom is -0.355 e. The molecule has 1 unspecified atom stereocenters. The van der Waals surface area contributed by atoms with Crippen LogP contribution >= 0.6 is 0 Å². The Morgan fingerprint density at radius 3 is 2.65 bits per heavy atom. The zero-order valence-corrected chi connectivity index (χ0v) is 20.7. The van der Waals surface area contributed by atoms with Crippen LogP contribution in [0.1, 0.15) is 26.0 Å². The second-order valence-electron chi connectivity index (χ2n) is 9.99. The number of nitrogens with zero attached hydrogens (tertiary/aromatic N) is 4. The van der Waals surface area contributed by atoms with Crippen molar-refractivity contribution in [3.8, 4) is 17.2 Å². The molecule has 0 saturated heterocycles. The fourth-order valence-corrected chi connectivity index (χ4v) is 4.89. The van der Waals surface area contributed by atoms with Gasteiger partial charge < -0.3 is 5.32 Å². The largest absolute Gasteiger partial charge is 0.355 e. The number of rotatable bonds is 5. The quantitative estimate of drug-likeness (QED) is 0.272. The second-order valence-corrected chi connectivity index (χ2v) is 9.99. The molecular weight excluding hydrogens is 456 g/mol. The number of aromatic amines is 1. The Morgan fingerprint density at radius 1 is 1.03 bits per heavy atom. The zero-order chi connectivity index (χ0) is 25.4. The van der Waals surface area contributed by atoms with E-state index >= 15 is 0 Å². The minimum atomic E-state index is -0.404. The standard InChI is InChI=1S/C31H26N6/c1-31(2,19-32)23-9-6-20(7-10-23)30-29-26-17-22(8-11-27(26)34-18-28(29)36-37-30)21-4-3-5-25(16-21)35-24-12-14-33-15-13-24/h3-9,11-18,23H,10H2,1-2H3,(H,33,35)(H,36,37). The number of anilines is 2. The molecule has 0 radical (unpaired) electrons. The number of fused-ring (bicyclic) bond motifs is 3. The lowest BCUT2D eigenvalue weighted by molar-refractivity contribution is 0.356. The molecule has 6 heteroatoms. The smallest absolute Gasteiger partial charge is 0.100 e. The van der Waals surface area contributed by atoms with Crippen LogP contribution in [0.2, 0.25) is 0 Å². The van der Waals surface area contributed by atoms with E-state index in [1.165, 1.54) is 0 Å². The third-order valence-electron chi connectivity index (χ3n) is 7.15. The van der Waals surface area contributed by atoms with Crippen LogP contribution < -0.4 is 5.32 Å². The number of benzene rings is 2. The molecule has 3 aromatic heterocycles. The zero-order valence-electron chi connectivity index (χ0n) is 20.7. The van der Waals surface area contributed by atoms with Gasteiger partial charge in [0, 0.05) is 34.5 Å². The van der Waals surface area contributed by atoms with Crippen LogP contribution in [0.25, 0.3) is 38.5 Å². The first-order chi connectivity index (χ1) is 18.0. The summed E-state index contributed by atoms with van der Waals surface area (Å²) in [5.74, 6) is 0.185. The molecular formula is C31H26N6. The van der Waals surface area contributed by atoms with Crippen LogP contribution in [0.15, 0.2) is 91.4 Å². The Bertz CT molecular complexity index is 1720. The second kappa shape index (κ2) is 9.03. The summed E-state index contributed by atoms with van der Waals surface area (Å²) >= 11 is 0. The Kier molecular flexibility index (Phi) is 5.54. The molecule has 2 aromatic carbocycles. The van der Waals surface area contributed by atoms with Gasteiger partial charge in [-0.15, -0.1) is 0 Å². The van der Waals surface area contributed by atoms with E-state index in [-0.39, 0.29) is 5.92 Å². The van der Waals surface area contributed by atoms with Gasteiger partial charge in [-0.05, 0) is 79.3 Å². The summed E-state index contributed by atoms with van der Waals surface area (Å²) in [5.41, 5.74) is 7.63. The maximum Gasteiger partial charge on any atom is 0.100 e. The summed E-state index contributed by atoms with van der Waals surface area (Å²) < 4.78 is 0. The van der Waals surface area contributed by atoms with Gasteiger partial charge in [0.05, 0.1) is 28.7 Å². The van der Waals surface area contributed by atoms with E-state index in [1.54, 1.807) is 12.4 Å². The molecule has 0 aliphatic heterocycles. The number of H-pyrrole nitrogens is 1. The van der Waals surface area contributed by atoms with E-state index in [1.807, 2.05) is 32.2 Å². The highest BCUT2D eigenvalue weighted by molar-refractivity contribution is 6.10. The fourth-order valence-electron chi connectivity index (χ4n) is 4.89. The molecule has 6 nitrogen and oxygen atoms in total. The van der Waals surface area contributed by atoms with Crippen LogP contribution in [0.3, 0.4) is 0 Å². The van der Waals surface area contributed by atoms with Crippen molar-refractivity contribution in [3.63, 3.8) is 0 Å². The summed E-state index contributed by atoms with van der Waals surface area (Å²) in [4.78, 5) is 8.75. The van der Waals surface area contributed by atoms with Gasteiger partial charge in [0.1, 0.15) is 5.69 Å². The summed E-state index contributed by atoms with van der Waals surface area (Å²) in [6.07, 6.45) is 12.7. The first-order valence-corrected chi connectivity index (χ1v) is 12.4. The molecule has 3 heterocycles. The van der Waals surface area contributed by atoms with Gasteiger partial charge in [-0.3, -0.25) is 15.1 Å². The van der Waals surface area contributed by atoms with Crippen molar-refractivity contribution in [3.05, 3.63) is 97.1 Å². The summed E-state index contributed by atoms with van der Waals surface area (Å²) in [6, 6.07) is 21.1. The van der Waals surface area contributed by atoms with Crippen molar-refractivity contribution in [1.29, 1.82) is 5.26 Å². The lowest BCUT2D eigenvalue weighted by atomic mass is 9.75. The SMILES string of the molecule is CC(C)(C#N)C1C=CC(c2n[nH]c3cnc4ccc(-c5cccc(Nc6ccncc6)c5)cc4c23)=CC1. The van der Waals surface area contributed by atoms with Crippen molar-refractivity contribution in [2.24, 2.45) is 11.3 Å². The number of allylic oxidation sites excluding steroid dienone is 4. The van der Waals surface area contributed by atoms with Crippen molar-refractivity contribution >= 4 is 38.8 Å². The predicted molar refractivity (Wildman–Crippen MR) is 149 cm³/mol. The molecule has 6 rings (SSSR count). The third kappa shape index (κ3) is 4.25. The van der Waals surface area contributed by atoms with E-state index in [0.29, 0.717) is 0 Å². The van der Waals surface area contributed by atoms with Gasteiger partial charge in [-0.25, -0.2) is 0 Å². The van der Waals surface area contributed by atoms with Gasteiger partial charge in [0.15, 0.2) is 0 Å². The number of aromatic nitrogens is 4. The average Bonchev–Trinajstić information content (AvgIpc) is 3.38. The number of nitriles is 1. The first-order valence-electron chi connectivity index (χ1n) is 12.4. The molecule has 0 saturated carbocycles. The normalized spacial score (nSPS) is 15.5. The topological polar surface area (TPSA) is 90.3 Å². The molecule has 5 aromatic rings. The van der Waals surface area contributed by atoms with E-state index in [9.17, 15) is 5.26 Å². The summed E-state index contributed by atoms with van der Waals surface area (Å²) in [6.45, 7) is 3.99. The number of hydrogen-bond acceptors (Lipinski definition) is 5. The Balaban J connectivity index is 1.39. The Labute approximate surface area is 215 Å². The van der Waals surface area contributed by atoms with Gasteiger partial charge >= 0.3 is 0 Å². The molecule has 0 amide bonds.